The summed E-state index contributed by atoms with van der Waals surface area (Å²) < 4.78 is 0. The Kier molecular flexibility index (Phi) is 16.2. The van der Waals surface area contributed by atoms with Gasteiger partial charge in [0.25, 0.3) is 0 Å². The Labute approximate surface area is 65.7 Å². The molecule has 1 unspecified atom stereocenters. The molecule has 0 radical (unpaired) electrons. The SMILES string of the molecule is CC(O)CSP(O)O.N.N. The van der Waals surface area contributed by atoms with E-state index in [1.807, 2.05) is 0 Å². The van der Waals surface area contributed by atoms with Crippen LogP contribution < -0.4 is 12.3 Å². The van der Waals surface area contributed by atoms with Gasteiger partial charge in [-0.25, -0.2) is 0 Å². The minimum Gasteiger partial charge on any atom is -0.393 e. The lowest BCUT2D eigenvalue weighted by molar-refractivity contribution is 0.220. The summed E-state index contributed by atoms with van der Waals surface area (Å²) in [5.74, 6) is 0.388. The molecule has 0 spiro atoms. The van der Waals surface area contributed by atoms with E-state index in [4.69, 9.17) is 14.9 Å². The molecule has 0 aliphatic rings. The molecule has 0 aliphatic carbocycles. The van der Waals surface area contributed by atoms with E-state index >= 15 is 0 Å². The molecule has 0 aromatic carbocycles. The van der Waals surface area contributed by atoms with Crippen LogP contribution in [0, 0.1) is 0 Å². The van der Waals surface area contributed by atoms with Crippen LogP contribution in [0.3, 0.4) is 0 Å². The van der Waals surface area contributed by atoms with Crippen molar-refractivity contribution in [1.82, 2.24) is 12.3 Å². The fourth-order valence-electron chi connectivity index (χ4n) is 0.175. The maximum Gasteiger partial charge on any atom is 0.232 e. The van der Waals surface area contributed by atoms with Crippen LogP contribution in [-0.4, -0.2) is 26.8 Å². The normalized spacial score (nSPS) is 11.7. The maximum absolute atomic E-state index is 8.57. The molecule has 0 heterocycles. The minimum atomic E-state index is -1.88. The lowest BCUT2D eigenvalue weighted by atomic mass is 10.5. The van der Waals surface area contributed by atoms with Crippen LogP contribution in [0.2, 0.25) is 0 Å². The summed E-state index contributed by atoms with van der Waals surface area (Å²) in [6.45, 7) is 1.60. The highest BCUT2D eigenvalue weighted by atomic mass is 32.7. The second-order valence-corrected chi connectivity index (χ2v) is 4.25. The molecule has 10 heavy (non-hydrogen) atoms. The molecule has 0 saturated heterocycles. The summed E-state index contributed by atoms with van der Waals surface area (Å²) in [7, 11) is -1.88. The zero-order valence-corrected chi connectivity index (χ0v) is 7.61. The van der Waals surface area contributed by atoms with E-state index in [1.54, 1.807) is 6.92 Å². The van der Waals surface area contributed by atoms with Gasteiger partial charge in [-0.1, -0.05) is 11.4 Å². The minimum absolute atomic E-state index is 0. The first kappa shape index (κ1) is 16.9. The Morgan fingerprint density at radius 2 is 1.80 bits per heavy atom. The number of aliphatic hydroxyl groups is 1. The van der Waals surface area contributed by atoms with Gasteiger partial charge in [-0.05, 0) is 6.92 Å². The van der Waals surface area contributed by atoms with Crippen LogP contribution in [0.1, 0.15) is 6.92 Å². The predicted molar refractivity (Wildman–Crippen MR) is 45.5 cm³/mol. The molecular weight excluding hydrogens is 175 g/mol. The lowest BCUT2D eigenvalue weighted by Crippen LogP contribution is -2.01. The van der Waals surface area contributed by atoms with Crippen molar-refractivity contribution >= 4 is 19.0 Å². The molecule has 0 aliphatic heterocycles. The molecule has 66 valence electrons. The van der Waals surface area contributed by atoms with Crippen molar-refractivity contribution in [2.24, 2.45) is 0 Å². The van der Waals surface area contributed by atoms with E-state index in [2.05, 4.69) is 0 Å². The number of aliphatic hydroxyl groups excluding tert-OH is 1. The topological polar surface area (TPSA) is 131 Å². The van der Waals surface area contributed by atoms with E-state index < -0.39 is 13.7 Å². The van der Waals surface area contributed by atoms with Gasteiger partial charge in [0.1, 0.15) is 0 Å². The van der Waals surface area contributed by atoms with Crippen molar-refractivity contribution in [3.63, 3.8) is 0 Å². The summed E-state index contributed by atoms with van der Waals surface area (Å²) >= 11 is 0.965. The first-order chi connectivity index (χ1) is 3.63. The third kappa shape index (κ3) is 15.8. The summed E-state index contributed by atoms with van der Waals surface area (Å²) in [6.07, 6.45) is -0.454. The molecule has 0 aromatic rings. The van der Waals surface area contributed by atoms with Crippen LogP contribution >= 0.6 is 19.0 Å². The zero-order valence-electron chi connectivity index (χ0n) is 5.90. The average molecular weight is 190 g/mol. The largest absolute Gasteiger partial charge is 0.393 e. The molecule has 9 N–H and O–H groups in total. The van der Waals surface area contributed by atoms with E-state index in [-0.39, 0.29) is 12.3 Å². The van der Waals surface area contributed by atoms with Crippen LogP contribution in [0.25, 0.3) is 0 Å². The van der Waals surface area contributed by atoms with Crippen molar-refractivity contribution in [3.05, 3.63) is 0 Å². The van der Waals surface area contributed by atoms with Crippen LogP contribution in [0.4, 0.5) is 0 Å². The number of hydrogen-bond donors (Lipinski definition) is 5. The van der Waals surface area contributed by atoms with E-state index in [1.165, 1.54) is 0 Å². The first-order valence-corrected chi connectivity index (χ1v) is 4.95. The lowest BCUT2D eigenvalue weighted by Gasteiger charge is -2.02. The molecule has 0 rings (SSSR count). The van der Waals surface area contributed by atoms with Crippen molar-refractivity contribution in [2.75, 3.05) is 5.75 Å². The number of rotatable bonds is 3. The molecule has 0 amide bonds. The van der Waals surface area contributed by atoms with Gasteiger partial charge in [0.15, 0.2) is 0 Å². The quantitative estimate of drug-likeness (QED) is 0.415. The Balaban J connectivity index is -0.000000245. The fourth-order valence-corrected chi connectivity index (χ4v) is 1.57. The van der Waals surface area contributed by atoms with Gasteiger partial charge in [-0.3, -0.25) is 0 Å². The van der Waals surface area contributed by atoms with Gasteiger partial charge in [-0.15, -0.1) is 0 Å². The summed E-state index contributed by atoms with van der Waals surface area (Å²) in [5, 5.41) is 8.57. The van der Waals surface area contributed by atoms with Gasteiger partial charge in [0.05, 0.1) is 6.10 Å². The van der Waals surface area contributed by atoms with Crippen LogP contribution in [-0.2, 0) is 0 Å². The highest BCUT2D eigenvalue weighted by Gasteiger charge is 2.01. The molecule has 0 bridgehead atoms. The Morgan fingerprint density at radius 1 is 1.40 bits per heavy atom. The third-order valence-corrected chi connectivity index (χ3v) is 2.43. The van der Waals surface area contributed by atoms with Gasteiger partial charge in [-0.2, -0.15) is 0 Å². The van der Waals surface area contributed by atoms with Gasteiger partial charge in [0, 0.05) is 5.75 Å². The van der Waals surface area contributed by atoms with Crippen molar-refractivity contribution in [2.45, 2.75) is 13.0 Å². The van der Waals surface area contributed by atoms with Crippen LogP contribution in [0.5, 0.6) is 0 Å². The summed E-state index contributed by atoms with van der Waals surface area (Å²) in [5.41, 5.74) is 0. The van der Waals surface area contributed by atoms with Crippen molar-refractivity contribution in [1.29, 1.82) is 0 Å². The second kappa shape index (κ2) is 9.58. The monoisotopic (exact) mass is 190 g/mol. The first-order valence-electron chi connectivity index (χ1n) is 2.12. The van der Waals surface area contributed by atoms with E-state index in [0.29, 0.717) is 5.75 Å². The molecule has 1 atom stereocenters. The van der Waals surface area contributed by atoms with E-state index in [9.17, 15) is 0 Å². The fraction of sp³-hybridized carbons (Fsp3) is 1.00. The summed E-state index contributed by atoms with van der Waals surface area (Å²) in [6, 6.07) is 0. The Morgan fingerprint density at radius 3 is 1.90 bits per heavy atom. The molecule has 7 heteroatoms. The molecule has 0 fully saturated rings. The molecule has 5 nitrogen and oxygen atoms in total. The van der Waals surface area contributed by atoms with Gasteiger partial charge >= 0.3 is 0 Å². The molecule has 0 saturated carbocycles. The molecule has 0 aromatic heterocycles. The highest BCUT2D eigenvalue weighted by molar-refractivity contribution is 8.52. The highest BCUT2D eigenvalue weighted by Crippen LogP contribution is 2.40. The van der Waals surface area contributed by atoms with Crippen LogP contribution in [0.15, 0.2) is 0 Å². The smallest absolute Gasteiger partial charge is 0.232 e. The van der Waals surface area contributed by atoms with Gasteiger partial charge in [0.2, 0.25) is 7.58 Å². The standard InChI is InChI=1S/C3H9O3PS.2H3N/c1-3(4)2-8-7(5)6;;/h3-6H,2H2,1H3;2*1H3. The average Bonchev–Trinajstić information content (AvgIpc) is 1.61. The zero-order chi connectivity index (χ0) is 6.57. The Bertz CT molecular complexity index is 57.7. The second-order valence-electron chi connectivity index (χ2n) is 1.40. The van der Waals surface area contributed by atoms with E-state index in [0.717, 1.165) is 11.4 Å². The van der Waals surface area contributed by atoms with Crippen molar-refractivity contribution in [3.8, 4) is 0 Å². The number of hydrogen-bond acceptors (Lipinski definition) is 6. The summed E-state index contributed by atoms with van der Waals surface area (Å²) in [4.78, 5) is 16.5. The van der Waals surface area contributed by atoms with Gasteiger partial charge < -0.3 is 27.2 Å². The maximum atomic E-state index is 8.57. The molecular formula is C3H15N2O3PS. The predicted octanol–water partition coefficient (Wildman–Crippen LogP) is 0.636. The van der Waals surface area contributed by atoms with Crippen molar-refractivity contribution < 1.29 is 14.9 Å². The third-order valence-electron chi connectivity index (χ3n) is 0.431. The Hall–Kier alpha value is 0.580.